The zero-order chi connectivity index (χ0) is 29.0. The molecule has 4 aromatic rings. The number of fused-ring (bicyclic) bond motifs is 4. The lowest BCUT2D eigenvalue weighted by atomic mass is 10.1. The highest BCUT2D eigenvalue weighted by atomic mass is 32.2. The monoisotopic (exact) mass is 631 g/mol. The molecule has 216 valence electrons. The summed E-state index contributed by atoms with van der Waals surface area (Å²) in [5.74, 6) is -0.298. The lowest BCUT2D eigenvalue weighted by Gasteiger charge is -2.20. The van der Waals surface area contributed by atoms with Crippen LogP contribution < -0.4 is 9.47 Å². The van der Waals surface area contributed by atoms with Gasteiger partial charge in [0.25, 0.3) is 15.1 Å². The quantitative estimate of drug-likeness (QED) is 0.0800. The molecule has 2 N–H and O–H groups in total. The third-order valence-electron chi connectivity index (χ3n) is 6.77. The van der Waals surface area contributed by atoms with Gasteiger partial charge in [-0.25, -0.2) is 0 Å². The van der Waals surface area contributed by atoms with E-state index in [1.165, 1.54) is 0 Å². The topological polar surface area (TPSA) is 108 Å². The normalized spacial score (nSPS) is 15.7. The molecule has 0 bridgehead atoms. The number of anilines is 1. The molecule has 0 radical (unpaired) electrons. The molecule has 0 aliphatic carbocycles. The fourth-order valence-electron chi connectivity index (χ4n) is 4.92. The largest absolute Gasteiger partial charge is 0.335 e. The molecular formula is C29H31N2O6S4+. The van der Waals surface area contributed by atoms with Gasteiger partial charge in [-0.1, -0.05) is 66.4 Å². The van der Waals surface area contributed by atoms with Crippen molar-refractivity contribution in [3.8, 4) is 0 Å². The van der Waals surface area contributed by atoms with Crippen LogP contribution in [0.15, 0.2) is 82.2 Å². The number of thioether (sulfide) groups is 1. The predicted molar refractivity (Wildman–Crippen MR) is 168 cm³/mol. The van der Waals surface area contributed by atoms with Gasteiger partial charge in [-0.15, -0.1) is 0 Å². The summed E-state index contributed by atoms with van der Waals surface area (Å²) in [5, 5.41) is 4.28. The van der Waals surface area contributed by atoms with Gasteiger partial charge in [0.1, 0.15) is 4.70 Å². The van der Waals surface area contributed by atoms with Crippen molar-refractivity contribution < 1.29 is 30.5 Å². The Morgan fingerprint density at radius 1 is 1.10 bits per heavy atom. The van der Waals surface area contributed by atoms with E-state index in [2.05, 4.69) is 64.9 Å². The zero-order valence-electron chi connectivity index (χ0n) is 22.4. The van der Waals surface area contributed by atoms with E-state index in [4.69, 9.17) is 8.74 Å². The van der Waals surface area contributed by atoms with Gasteiger partial charge in [-0.2, -0.15) is 17.2 Å². The molecule has 0 saturated carbocycles. The molecule has 1 unspecified atom stereocenters. The summed E-state index contributed by atoms with van der Waals surface area (Å²) in [6.07, 6.45) is 6.00. The minimum Gasteiger partial charge on any atom is -0.335 e. The fraction of sp³-hybridized carbons (Fsp3) is 0.276. The molecule has 8 nitrogen and oxygen atoms in total. The minimum absolute atomic E-state index is 0.176. The van der Waals surface area contributed by atoms with Gasteiger partial charge in [-0.3, -0.25) is 13.3 Å². The van der Waals surface area contributed by atoms with Crippen LogP contribution >= 0.6 is 23.1 Å². The van der Waals surface area contributed by atoms with Gasteiger partial charge < -0.3 is 4.90 Å². The summed E-state index contributed by atoms with van der Waals surface area (Å²) in [6.45, 7) is 3.37. The SMILES string of the molecule is CCC(=Cc1sc2ccc3ccccc3c2[n+]1CCCS(=O)(=O)O)C=C1Sc2ccccc2N1CCCOS(=O)O. The standard InChI is InChI=1S/C29H30N2O6S4/c1-2-21(19-27-30(15-7-17-37-40(32)33)24-11-5-6-12-25(24)38-27)20-28-31(16-8-18-41(34,35)36)29-23-10-4-3-9-22(23)13-14-26(29)39-28/h3-6,9-14,19-20H,2,7-8,15-18H2,1H3,(H-,32,33,34,35,36)/p+1. The highest BCUT2D eigenvalue weighted by Crippen LogP contribution is 2.46. The van der Waals surface area contributed by atoms with Gasteiger partial charge in [0, 0.05) is 23.9 Å². The molecule has 0 amide bonds. The fourth-order valence-corrected chi connectivity index (χ4v) is 8.02. The highest BCUT2D eigenvalue weighted by molar-refractivity contribution is 8.03. The van der Waals surface area contributed by atoms with Crippen molar-refractivity contribution in [2.75, 3.05) is 23.8 Å². The summed E-state index contributed by atoms with van der Waals surface area (Å²) < 4.78 is 60.3. The Morgan fingerprint density at radius 3 is 2.66 bits per heavy atom. The van der Waals surface area contributed by atoms with Gasteiger partial charge >= 0.3 is 11.4 Å². The Morgan fingerprint density at radius 2 is 1.88 bits per heavy atom. The van der Waals surface area contributed by atoms with E-state index < -0.39 is 21.5 Å². The van der Waals surface area contributed by atoms with E-state index in [0.717, 1.165) is 53.6 Å². The number of aromatic nitrogens is 1. The molecule has 1 aliphatic rings. The van der Waals surface area contributed by atoms with Crippen molar-refractivity contribution in [3.63, 3.8) is 0 Å². The summed E-state index contributed by atoms with van der Waals surface area (Å²) in [7, 11) is -4.06. The first-order valence-electron chi connectivity index (χ1n) is 13.2. The maximum absolute atomic E-state index is 11.5. The Kier molecular flexibility index (Phi) is 9.59. The molecule has 0 fully saturated rings. The number of para-hydroxylation sites is 1. The van der Waals surface area contributed by atoms with E-state index in [0.29, 0.717) is 25.9 Å². The zero-order valence-corrected chi connectivity index (χ0v) is 25.7. The Labute approximate surface area is 250 Å². The Balaban J connectivity index is 1.53. The summed E-state index contributed by atoms with van der Waals surface area (Å²) in [5.41, 5.74) is 3.26. The van der Waals surface area contributed by atoms with Crippen molar-refractivity contribution in [2.24, 2.45) is 0 Å². The lowest BCUT2D eigenvalue weighted by molar-refractivity contribution is -0.667. The van der Waals surface area contributed by atoms with Crippen LogP contribution in [0.25, 0.3) is 27.1 Å². The van der Waals surface area contributed by atoms with Crippen molar-refractivity contribution >= 4 is 77.3 Å². The molecule has 5 rings (SSSR count). The second-order valence-corrected chi connectivity index (χ2v) is 13.9. The van der Waals surface area contributed by atoms with Crippen LogP contribution in [0.3, 0.4) is 0 Å². The first-order valence-corrected chi connectivity index (χ1v) is 17.5. The van der Waals surface area contributed by atoms with E-state index in [-0.39, 0.29) is 12.4 Å². The molecule has 3 aromatic carbocycles. The van der Waals surface area contributed by atoms with Crippen molar-refractivity contribution in [1.82, 2.24) is 0 Å². The number of rotatable bonds is 12. The highest BCUT2D eigenvalue weighted by Gasteiger charge is 2.26. The second-order valence-electron chi connectivity index (χ2n) is 9.53. The molecule has 1 atom stereocenters. The van der Waals surface area contributed by atoms with E-state index in [9.17, 15) is 17.2 Å². The average molecular weight is 632 g/mol. The smallest absolute Gasteiger partial charge is 0.301 e. The third kappa shape index (κ3) is 7.26. The molecule has 1 aromatic heterocycles. The summed E-state index contributed by atoms with van der Waals surface area (Å²) in [6, 6.07) is 20.5. The maximum Gasteiger partial charge on any atom is 0.301 e. The van der Waals surface area contributed by atoms with Crippen molar-refractivity contribution in [2.45, 2.75) is 37.6 Å². The maximum atomic E-state index is 11.5. The average Bonchev–Trinajstić information content (AvgIpc) is 3.47. The number of benzene rings is 3. The van der Waals surface area contributed by atoms with Crippen LogP contribution in [0.5, 0.6) is 0 Å². The van der Waals surface area contributed by atoms with Crippen LogP contribution in [-0.4, -0.2) is 40.6 Å². The molecular weight excluding hydrogens is 601 g/mol. The minimum atomic E-state index is -4.06. The number of hydrogen-bond acceptors (Lipinski definition) is 7. The number of thiazole rings is 1. The number of hydrogen-bond donors (Lipinski definition) is 2. The van der Waals surface area contributed by atoms with Crippen molar-refractivity contribution in [3.05, 3.63) is 82.3 Å². The van der Waals surface area contributed by atoms with Gasteiger partial charge in [0.15, 0.2) is 6.54 Å². The molecule has 0 saturated heterocycles. The van der Waals surface area contributed by atoms with Gasteiger partial charge in [-0.05, 0) is 54.1 Å². The summed E-state index contributed by atoms with van der Waals surface area (Å²) >= 11 is 1.07. The van der Waals surface area contributed by atoms with Crippen LogP contribution in [-0.2, 0) is 32.2 Å². The first kappa shape index (κ1) is 29.9. The number of nitrogens with zero attached hydrogens (tertiary/aromatic N) is 2. The lowest BCUT2D eigenvalue weighted by Crippen LogP contribution is -2.36. The Bertz CT molecular complexity index is 1760. The van der Waals surface area contributed by atoms with Crippen molar-refractivity contribution in [1.29, 1.82) is 0 Å². The molecule has 1 aliphatic heterocycles. The van der Waals surface area contributed by atoms with E-state index in [1.807, 2.05) is 24.3 Å². The van der Waals surface area contributed by atoms with Crippen LogP contribution in [0.1, 0.15) is 31.2 Å². The summed E-state index contributed by atoms with van der Waals surface area (Å²) in [4.78, 5) is 3.36. The molecule has 41 heavy (non-hydrogen) atoms. The van der Waals surface area contributed by atoms with E-state index >= 15 is 0 Å². The van der Waals surface area contributed by atoms with Gasteiger partial charge in [0.05, 0.1) is 28.5 Å². The molecule has 0 spiro atoms. The second kappa shape index (κ2) is 13.2. The molecule has 2 heterocycles. The first-order chi connectivity index (χ1) is 19.7. The van der Waals surface area contributed by atoms with E-state index in [1.54, 1.807) is 23.1 Å². The van der Waals surface area contributed by atoms with Crippen LogP contribution in [0, 0.1) is 0 Å². The number of aryl methyl sites for hydroxylation is 1. The number of allylic oxidation sites excluding steroid dienone is 2. The third-order valence-corrected chi connectivity index (χ3v) is 10.2. The predicted octanol–water partition coefficient (Wildman–Crippen LogP) is 6.41. The van der Waals surface area contributed by atoms with Crippen LogP contribution in [0.4, 0.5) is 5.69 Å². The van der Waals surface area contributed by atoms with Gasteiger partial charge in [0.2, 0.25) is 5.52 Å². The Hall–Kier alpha value is -2.58. The molecule has 12 heteroatoms. The van der Waals surface area contributed by atoms with Crippen LogP contribution in [0.2, 0.25) is 0 Å².